The fraction of sp³-hybridized carbons (Fsp3) is 0.429. The van der Waals surface area contributed by atoms with Crippen molar-refractivity contribution in [3.63, 3.8) is 0 Å². The maximum absolute atomic E-state index is 10.7. The number of fused-ring (bicyclic) bond motifs is 1. The van der Waals surface area contributed by atoms with Gasteiger partial charge in [-0.1, -0.05) is 23.8 Å². The summed E-state index contributed by atoms with van der Waals surface area (Å²) in [6.45, 7) is 11.2. The van der Waals surface area contributed by atoms with Crippen LogP contribution in [0.3, 0.4) is 0 Å². The van der Waals surface area contributed by atoms with Gasteiger partial charge < -0.3 is 23.6 Å². The Morgan fingerprint density at radius 3 is 2.42 bits per heavy atom. The SMILES string of the molecule is Cc1cc(C)c(C2CCN(C[C@H](O)COc3cccc4oc(-c5nnc(C)o5)cc34)CC2)c(C)c1.Cl. The fourth-order valence-electron chi connectivity index (χ4n) is 5.44. The van der Waals surface area contributed by atoms with Gasteiger partial charge in [-0.2, -0.15) is 0 Å². The number of ether oxygens (including phenoxy) is 1. The van der Waals surface area contributed by atoms with Gasteiger partial charge in [0.05, 0.1) is 5.39 Å². The fourth-order valence-corrected chi connectivity index (χ4v) is 5.44. The first-order valence-corrected chi connectivity index (χ1v) is 12.3. The van der Waals surface area contributed by atoms with Gasteiger partial charge in [-0.05, 0) is 81.4 Å². The molecule has 1 fully saturated rings. The molecular weight excluding hydrogens is 478 g/mol. The summed E-state index contributed by atoms with van der Waals surface area (Å²) in [7, 11) is 0. The number of aryl methyl sites for hydroxylation is 4. The molecule has 0 amide bonds. The number of nitrogens with zero attached hydrogens (tertiary/aromatic N) is 3. The molecular formula is C28H34ClN3O4. The number of β-amino-alcohol motifs (C(OH)–C–C–N with tert-alkyl or cyclic N) is 1. The van der Waals surface area contributed by atoms with Crippen molar-refractivity contribution in [2.75, 3.05) is 26.2 Å². The quantitative estimate of drug-likeness (QED) is 0.337. The predicted molar refractivity (Wildman–Crippen MR) is 142 cm³/mol. The van der Waals surface area contributed by atoms with Crippen LogP contribution in [0.5, 0.6) is 5.75 Å². The van der Waals surface area contributed by atoms with E-state index in [1.54, 1.807) is 6.92 Å². The van der Waals surface area contributed by atoms with Gasteiger partial charge in [-0.3, -0.25) is 0 Å². The lowest BCUT2D eigenvalue weighted by Crippen LogP contribution is -2.40. The summed E-state index contributed by atoms with van der Waals surface area (Å²) >= 11 is 0. The van der Waals surface area contributed by atoms with Crippen LogP contribution >= 0.6 is 12.4 Å². The second-order valence-corrected chi connectivity index (χ2v) is 9.76. The third kappa shape index (κ3) is 5.59. The van der Waals surface area contributed by atoms with Gasteiger partial charge in [0.2, 0.25) is 5.89 Å². The second kappa shape index (κ2) is 11.0. The molecule has 2 aromatic carbocycles. The van der Waals surface area contributed by atoms with E-state index in [9.17, 15) is 5.11 Å². The van der Waals surface area contributed by atoms with Crippen molar-refractivity contribution >= 4 is 23.4 Å². The Balaban J connectivity index is 0.00000304. The van der Waals surface area contributed by atoms with Crippen molar-refractivity contribution in [1.82, 2.24) is 15.1 Å². The van der Waals surface area contributed by atoms with Crippen molar-refractivity contribution in [3.05, 3.63) is 64.5 Å². The number of likely N-dealkylation sites (tertiary alicyclic amines) is 1. The molecule has 0 aliphatic carbocycles. The highest BCUT2D eigenvalue weighted by Crippen LogP contribution is 2.34. The molecule has 2 aromatic heterocycles. The van der Waals surface area contributed by atoms with Gasteiger partial charge >= 0.3 is 0 Å². The van der Waals surface area contributed by atoms with Gasteiger partial charge in [0, 0.05) is 19.5 Å². The Hall–Kier alpha value is -2.87. The summed E-state index contributed by atoms with van der Waals surface area (Å²) in [6.07, 6.45) is 1.66. The summed E-state index contributed by atoms with van der Waals surface area (Å²) in [5, 5.41) is 19.4. The second-order valence-electron chi connectivity index (χ2n) is 9.76. The first-order chi connectivity index (χ1) is 16.9. The molecule has 36 heavy (non-hydrogen) atoms. The molecule has 1 saturated heterocycles. The largest absolute Gasteiger partial charge is 0.490 e. The van der Waals surface area contributed by atoms with E-state index in [1.165, 1.54) is 22.3 Å². The minimum Gasteiger partial charge on any atom is -0.490 e. The molecule has 5 rings (SSSR count). The lowest BCUT2D eigenvalue weighted by Gasteiger charge is -2.34. The third-order valence-corrected chi connectivity index (χ3v) is 6.89. The molecule has 7 nitrogen and oxygen atoms in total. The number of aromatic nitrogens is 2. The van der Waals surface area contributed by atoms with Crippen LogP contribution < -0.4 is 4.74 Å². The van der Waals surface area contributed by atoms with Crippen LogP contribution in [0, 0.1) is 27.7 Å². The van der Waals surface area contributed by atoms with E-state index in [2.05, 4.69) is 48.0 Å². The number of aliphatic hydroxyl groups excluding tert-OH is 1. The van der Waals surface area contributed by atoms with Crippen LogP contribution in [0.2, 0.25) is 0 Å². The summed E-state index contributed by atoms with van der Waals surface area (Å²) in [5.74, 6) is 2.57. The normalized spacial score (nSPS) is 15.7. The summed E-state index contributed by atoms with van der Waals surface area (Å²) < 4.78 is 17.3. The highest BCUT2D eigenvalue weighted by atomic mass is 35.5. The molecule has 0 radical (unpaired) electrons. The number of hydrogen-bond acceptors (Lipinski definition) is 7. The van der Waals surface area contributed by atoms with Crippen molar-refractivity contribution in [1.29, 1.82) is 0 Å². The monoisotopic (exact) mass is 511 g/mol. The Bertz CT molecular complexity index is 1300. The molecule has 0 unspecified atom stereocenters. The van der Waals surface area contributed by atoms with Gasteiger partial charge in [0.1, 0.15) is 24.0 Å². The highest BCUT2D eigenvalue weighted by Gasteiger charge is 2.25. The van der Waals surface area contributed by atoms with Crippen molar-refractivity contribution < 1.29 is 18.7 Å². The number of halogens is 1. The van der Waals surface area contributed by atoms with Gasteiger partial charge in [-0.15, -0.1) is 22.6 Å². The zero-order valence-corrected chi connectivity index (χ0v) is 22.1. The van der Waals surface area contributed by atoms with Gasteiger partial charge in [0.15, 0.2) is 5.76 Å². The Labute approximate surface area is 217 Å². The zero-order chi connectivity index (χ0) is 24.5. The molecule has 0 bridgehead atoms. The lowest BCUT2D eigenvalue weighted by molar-refractivity contribution is 0.0598. The van der Waals surface area contributed by atoms with E-state index in [-0.39, 0.29) is 19.0 Å². The first kappa shape index (κ1) is 26.2. The van der Waals surface area contributed by atoms with Crippen molar-refractivity contribution in [2.45, 2.75) is 52.6 Å². The van der Waals surface area contributed by atoms with Crippen LogP contribution in [0.4, 0.5) is 0 Å². The molecule has 1 atom stereocenters. The van der Waals surface area contributed by atoms with Crippen LogP contribution in [0.1, 0.15) is 46.9 Å². The number of benzene rings is 2. The summed E-state index contributed by atoms with van der Waals surface area (Å²) in [6, 6.07) is 12.0. The maximum atomic E-state index is 10.7. The summed E-state index contributed by atoms with van der Waals surface area (Å²) in [4.78, 5) is 2.35. The number of rotatable bonds is 7. The van der Waals surface area contributed by atoms with E-state index in [0.29, 0.717) is 41.3 Å². The smallest absolute Gasteiger partial charge is 0.283 e. The van der Waals surface area contributed by atoms with E-state index >= 15 is 0 Å². The molecule has 3 heterocycles. The maximum Gasteiger partial charge on any atom is 0.283 e. The molecule has 8 heteroatoms. The average Bonchev–Trinajstić information content (AvgIpc) is 3.44. The standard InChI is InChI=1S/C28H33N3O4.ClH/c1-17-12-18(2)27(19(3)13-17)21-8-10-31(11-9-21)15-22(32)16-33-24-6-5-7-25-23(24)14-26(35-25)28-30-29-20(4)34-28;/h5-7,12-14,21-22,32H,8-11,15-16H2,1-4H3;1H/t22-;/m0./s1. The predicted octanol–water partition coefficient (Wildman–Crippen LogP) is 5.76. The number of aliphatic hydroxyl groups is 1. The van der Waals surface area contributed by atoms with E-state index in [4.69, 9.17) is 13.6 Å². The van der Waals surface area contributed by atoms with E-state index < -0.39 is 6.10 Å². The van der Waals surface area contributed by atoms with Crippen molar-refractivity contribution in [2.24, 2.45) is 0 Å². The molecule has 1 N–H and O–H groups in total. The molecule has 4 aromatic rings. The number of hydrogen-bond donors (Lipinski definition) is 1. The van der Waals surface area contributed by atoms with Gasteiger partial charge in [0.25, 0.3) is 5.89 Å². The minimum atomic E-state index is -0.574. The molecule has 1 aliphatic heterocycles. The van der Waals surface area contributed by atoms with Gasteiger partial charge in [-0.25, -0.2) is 0 Å². The molecule has 0 spiro atoms. The summed E-state index contributed by atoms with van der Waals surface area (Å²) in [5.41, 5.74) is 6.32. The van der Waals surface area contributed by atoms with E-state index in [0.717, 1.165) is 31.3 Å². The Morgan fingerprint density at radius 2 is 1.75 bits per heavy atom. The van der Waals surface area contributed by atoms with E-state index in [1.807, 2.05) is 24.3 Å². The number of piperidine rings is 1. The van der Waals surface area contributed by atoms with Crippen LogP contribution in [0.15, 0.2) is 45.2 Å². The van der Waals surface area contributed by atoms with Crippen LogP contribution in [-0.4, -0.2) is 52.5 Å². The Morgan fingerprint density at radius 1 is 1.03 bits per heavy atom. The first-order valence-electron chi connectivity index (χ1n) is 12.3. The van der Waals surface area contributed by atoms with Crippen LogP contribution in [-0.2, 0) is 0 Å². The highest BCUT2D eigenvalue weighted by molar-refractivity contribution is 5.87. The zero-order valence-electron chi connectivity index (χ0n) is 21.3. The lowest BCUT2D eigenvalue weighted by atomic mass is 9.83. The molecule has 1 aliphatic rings. The topological polar surface area (TPSA) is 84.8 Å². The average molecular weight is 512 g/mol. The molecule has 192 valence electrons. The molecule has 0 saturated carbocycles. The third-order valence-electron chi connectivity index (χ3n) is 6.89. The minimum absolute atomic E-state index is 0. The van der Waals surface area contributed by atoms with Crippen molar-refractivity contribution in [3.8, 4) is 17.4 Å². The number of furan rings is 1. The van der Waals surface area contributed by atoms with Crippen LogP contribution in [0.25, 0.3) is 22.6 Å². The Kier molecular flexibility index (Phi) is 8.03.